The van der Waals surface area contributed by atoms with Crippen LogP contribution in [0.25, 0.3) is 33.1 Å². The van der Waals surface area contributed by atoms with E-state index in [0.29, 0.717) is 21.9 Å². The van der Waals surface area contributed by atoms with Crippen LogP contribution >= 0.6 is 0 Å². The molecule has 1 heterocycles. The largest absolute Gasteiger partial charge is 0.456 e. The van der Waals surface area contributed by atoms with Gasteiger partial charge in [0.2, 0.25) is 5.43 Å². The monoisotopic (exact) mass is 286 g/mol. The van der Waals surface area contributed by atoms with E-state index in [4.69, 9.17) is 4.42 Å². The molecule has 0 aliphatic heterocycles. The first-order chi connectivity index (χ1) is 10.7. The Balaban J connectivity index is 2.22. The van der Waals surface area contributed by atoms with E-state index in [-0.39, 0.29) is 5.43 Å². The zero-order chi connectivity index (χ0) is 15.1. The van der Waals surface area contributed by atoms with Gasteiger partial charge in [0, 0.05) is 0 Å². The third-order valence-corrected chi connectivity index (χ3v) is 3.91. The SMILES string of the molecule is Cc1cc(-c2ccccc2)c2c(=O)c3ccccc3oc2c1. The summed E-state index contributed by atoms with van der Waals surface area (Å²) in [5.41, 5.74) is 4.32. The van der Waals surface area contributed by atoms with Gasteiger partial charge in [-0.2, -0.15) is 0 Å². The van der Waals surface area contributed by atoms with Gasteiger partial charge in [0.05, 0.1) is 10.8 Å². The summed E-state index contributed by atoms with van der Waals surface area (Å²) in [6, 6.07) is 21.3. The summed E-state index contributed by atoms with van der Waals surface area (Å²) in [7, 11) is 0. The van der Waals surface area contributed by atoms with E-state index in [1.54, 1.807) is 0 Å². The lowest BCUT2D eigenvalue weighted by molar-refractivity contribution is 0.659. The predicted molar refractivity (Wildman–Crippen MR) is 90.2 cm³/mol. The molecule has 0 saturated heterocycles. The average Bonchev–Trinajstić information content (AvgIpc) is 2.55. The fraction of sp³-hybridized carbons (Fsp3) is 0.0500. The quantitative estimate of drug-likeness (QED) is 0.465. The van der Waals surface area contributed by atoms with E-state index in [1.807, 2.05) is 73.7 Å². The average molecular weight is 286 g/mol. The van der Waals surface area contributed by atoms with E-state index in [0.717, 1.165) is 16.7 Å². The molecule has 0 N–H and O–H groups in total. The second-order valence-corrected chi connectivity index (χ2v) is 5.48. The molecule has 0 fully saturated rings. The van der Waals surface area contributed by atoms with Crippen molar-refractivity contribution in [2.45, 2.75) is 6.92 Å². The van der Waals surface area contributed by atoms with Gasteiger partial charge < -0.3 is 4.42 Å². The molecule has 4 rings (SSSR count). The van der Waals surface area contributed by atoms with Crippen molar-refractivity contribution in [1.29, 1.82) is 0 Å². The molecule has 0 amide bonds. The Morgan fingerprint density at radius 3 is 2.36 bits per heavy atom. The van der Waals surface area contributed by atoms with Crippen molar-refractivity contribution in [3.63, 3.8) is 0 Å². The molecule has 106 valence electrons. The van der Waals surface area contributed by atoms with Crippen LogP contribution in [-0.4, -0.2) is 0 Å². The van der Waals surface area contributed by atoms with Crippen LogP contribution in [0, 0.1) is 6.92 Å². The molecule has 4 aromatic rings. The third-order valence-electron chi connectivity index (χ3n) is 3.91. The number of benzene rings is 3. The molecule has 0 radical (unpaired) electrons. The fourth-order valence-corrected chi connectivity index (χ4v) is 2.91. The summed E-state index contributed by atoms with van der Waals surface area (Å²) in [5.74, 6) is 0. The lowest BCUT2D eigenvalue weighted by Gasteiger charge is -2.09. The minimum atomic E-state index is 0.0238. The van der Waals surface area contributed by atoms with E-state index in [9.17, 15) is 4.79 Å². The molecule has 0 bridgehead atoms. The number of hydrogen-bond acceptors (Lipinski definition) is 2. The second-order valence-electron chi connectivity index (χ2n) is 5.48. The Morgan fingerprint density at radius 2 is 1.55 bits per heavy atom. The normalized spacial score (nSPS) is 11.1. The van der Waals surface area contributed by atoms with Gasteiger partial charge in [-0.15, -0.1) is 0 Å². The summed E-state index contributed by atoms with van der Waals surface area (Å²) in [6.07, 6.45) is 0. The number of rotatable bonds is 1. The molecule has 0 spiro atoms. The van der Waals surface area contributed by atoms with Gasteiger partial charge in [0.1, 0.15) is 11.2 Å². The smallest absolute Gasteiger partial charge is 0.201 e. The number of fused-ring (bicyclic) bond motifs is 2. The van der Waals surface area contributed by atoms with Crippen LogP contribution in [-0.2, 0) is 0 Å². The van der Waals surface area contributed by atoms with Crippen LogP contribution in [0.15, 0.2) is 75.9 Å². The molecule has 1 aromatic heterocycles. The topological polar surface area (TPSA) is 30.2 Å². The van der Waals surface area contributed by atoms with Crippen molar-refractivity contribution in [2.24, 2.45) is 0 Å². The molecular formula is C20H14O2. The van der Waals surface area contributed by atoms with Gasteiger partial charge in [0.15, 0.2) is 0 Å². The van der Waals surface area contributed by atoms with Gasteiger partial charge >= 0.3 is 0 Å². The Hall–Kier alpha value is -2.87. The molecule has 2 nitrogen and oxygen atoms in total. The number of aryl methyl sites for hydroxylation is 1. The molecule has 0 unspecified atom stereocenters. The van der Waals surface area contributed by atoms with E-state index in [1.165, 1.54) is 0 Å². The lowest BCUT2D eigenvalue weighted by atomic mass is 9.97. The first-order valence-corrected chi connectivity index (χ1v) is 7.26. The summed E-state index contributed by atoms with van der Waals surface area (Å²) in [6.45, 7) is 2.01. The van der Waals surface area contributed by atoms with Crippen molar-refractivity contribution in [2.75, 3.05) is 0 Å². The van der Waals surface area contributed by atoms with Crippen molar-refractivity contribution in [3.05, 3.63) is 82.5 Å². The first kappa shape index (κ1) is 12.8. The molecule has 2 heteroatoms. The highest BCUT2D eigenvalue weighted by Crippen LogP contribution is 2.30. The minimum absolute atomic E-state index is 0.0238. The summed E-state index contributed by atoms with van der Waals surface area (Å²) in [5, 5.41) is 1.27. The Bertz CT molecular complexity index is 1040. The number of hydrogen-bond donors (Lipinski definition) is 0. The van der Waals surface area contributed by atoms with E-state index >= 15 is 0 Å². The maximum atomic E-state index is 12.9. The highest BCUT2D eigenvalue weighted by molar-refractivity contribution is 5.99. The van der Waals surface area contributed by atoms with Crippen LogP contribution < -0.4 is 5.43 Å². The van der Waals surface area contributed by atoms with Gasteiger partial charge in [-0.25, -0.2) is 0 Å². The summed E-state index contributed by atoms with van der Waals surface area (Å²) >= 11 is 0. The van der Waals surface area contributed by atoms with E-state index in [2.05, 4.69) is 0 Å². The molecule has 0 atom stereocenters. The highest BCUT2D eigenvalue weighted by atomic mass is 16.3. The van der Waals surface area contributed by atoms with E-state index < -0.39 is 0 Å². The van der Waals surface area contributed by atoms with Gasteiger partial charge in [0.25, 0.3) is 0 Å². The lowest BCUT2D eigenvalue weighted by Crippen LogP contribution is -2.04. The molecule has 22 heavy (non-hydrogen) atoms. The van der Waals surface area contributed by atoms with Gasteiger partial charge in [-0.05, 0) is 41.8 Å². The van der Waals surface area contributed by atoms with Crippen molar-refractivity contribution in [1.82, 2.24) is 0 Å². The zero-order valence-corrected chi connectivity index (χ0v) is 12.2. The first-order valence-electron chi connectivity index (χ1n) is 7.26. The molecule has 3 aromatic carbocycles. The van der Waals surface area contributed by atoms with Crippen LogP contribution in [0.2, 0.25) is 0 Å². The van der Waals surface area contributed by atoms with Gasteiger partial charge in [-0.1, -0.05) is 48.5 Å². The van der Waals surface area contributed by atoms with Crippen molar-refractivity contribution in [3.8, 4) is 11.1 Å². The Labute approximate surface area is 127 Å². The van der Waals surface area contributed by atoms with Crippen molar-refractivity contribution >= 4 is 21.9 Å². The van der Waals surface area contributed by atoms with Crippen LogP contribution in [0.5, 0.6) is 0 Å². The van der Waals surface area contributed by atoms with Crippen LogP contribution in [0.3, 0.4) is 0 Å². The van der Waals surface area contributed by atoms with Gasteiger partial charge in [-0.3, -0.25) is 4.79 Å². The predicted octanol–water partition coefficient (Wildman–Crippen LogP) is 4.92. The summed E-state index contributed by atoms with van der Waals surface area (Å²) < 4.78 is 5.97. The molecular weight excluding hydrogens is 272 g/mol. The standard InChI is InChI=1S/C20H14O2/c1-13-11-16(14-7-3-2-4-8-14)19-18(12-13)22-17-10-6-5-9-15(17)20(19)21/h2-12H,1H3. The highest BCUT2D eigenvalue weighted by Gasteiger charge is 2.13. The Kier molecular flexibility index (Phi) is 2.83. The minimum Gasteiger partial charge on any atom is -0.456 e. The zero-order valence-electron chi connectivity index (χ0n) is 12.2. The van der Waals surface area contributed by atoms with Crippen molar-refractivity contribution < 1.29 is 4.42 Å². The van der Waals surface area contributed by atoms with Crippen LogP contribution in [0.4, 0.5) is 0 Å². The molecule has 0 saturated carbocycles. The molecule has 0 aliphatic carbocycles. The number of para-hydroxylation sites is 1. The second kappa shape index (κ2) is 4.85. The maximum Gasteiger partial charge on any atom is 0.201 e. The third kappa shape index (κ3) is 1.92. The fourth-order valence-electron chi connectivity index (χ4n) is 2.91. The summed E-state index contributed by atoms with van der Waals surface area (Å²) in [4.78, 5) is 12.9. The maximum absolute atomic E-state index is 12.9. The Morgan fingerprint density at radius 1 is 0.818 bits per heavy atom. The van der Waals surface area contributed by atoms with Crippen LogP contribution in [0.1, 0.15) is 5.56 Å². The molecule has 0 aliphatic rings.